The van der Waals surface area contributed by atoms with E-state index in [1.165, 1.54) is 23.7 Å². The number of carbonyl (C=O) groups excluding carboxylic acids is 1. The third kappa shape index (κ3) is 8.15. The highest BCUT2D eigenvalue weighted by molar-refractivity contribution is 7.12. The number of hydrogen-bond acceptors (Lipinski definition) is 6. The van der Waals surface area contributed by atoms with Gasteiger partial charge in [-0.1, -0.05) is 36.8 Å². The van der Waals surface area contributed by atoms with Crippen LogP contribution in [0.4, 0.5) is 4.39 Å². The Morgan fingerprint density at radius 1 is 1.10 bits per heavy atom. The van der Waals surface area contributed by atoms with Gasteiger partial charge in [0.15, 0.2) is 4.83 Å². The Hall–Kier alpha value is -2.27. The number of hydrogen-bond donors (Lipinski definition) is 1. The Balaban J connectivity index is 0.00000380. The van der Waals surface area contributed by atoms with Crippen LogP contribution in [0.15, 0.2) is 53.3 Å². The summed E-state index contributed by atoms with van der Waals surface area (Å²) in [5.74, 6) is -0.0708. The second-order valence-corrected chi connectivity index (χ2v) is 9.62. The number of benzene rings is 2. The van der Waals surface area contributed by atoms with Crippen LogP contribution >= 0.6 is 61.2 Å². The van der Waals surface area contributed by atoms with Crippen molar-refractivity contribution >= 4 is 77.3 Å². The molecule has 0 saturated carbocycles. The fourth-order valence-electron chi connectivity index (χ4n) is 4.37. The first-order chi connectivity index (χ1) is 17.3. The van der Waals surface area contributed by atoms with Crippen molar-refractivity contribution in [3.8, 4) is 0 Å². The predicted molar refractivity (Wildman–Crippen MR) is 170 cm³/mol. The van der Waals surface area contributed by atoms with Crippen molar-refractivity contribution in [2.24, 2.45) is 5.73 Å². The fourth-order valence-corrected chi connectivity index (χ4v) is 5.15. The third-order valence-electron chi connectivity index (χ3n) is 6.25. The molecule has 0 aliphatic rings. The number of fused-ring (bicyclic) bond motifs is 1. The lowest BCUT2D eigenvalue weighted by atomic mass is 10.1. The monoisotopic (exact) mass is 651 g/mol. The van der Waals surface area contributed by atoms with E-state index in [9.17, 15) is 14.0 Å². The summed E-state index contributed by atoms with van der Waals surface area (Å²) < 4.78 is 19.9. The number of carbonyl (C=O) groups is 1. The zero-order valence-corrected chi connectivity index (χ0v) is 26.4. The molecule has 2 N–H and O–H groups in total. The van der Waals surface area contributed by atoms with E-state index >= 15 is 0 Å². The molecule has 7 nitrogen and oxygen atoms in total. The van der Waals surface area contributed by atoms with Gasteiger partial charge in [0.2, 0.25) is 0 Å². The minimum atomic E-state index is -0.488. The highest BCUT2D eigenvalue weighted by atomic mass is 35.5. The number of nitrogens with zero attached hydrogens (tertiary/aromatic N) is 4. The summed E-state index contributed by atoms with van der Waals surface area (Å²) in [6.07, 6.45) is 1.13. The molecule has 13 heteroatoms. The van der Waals surface area contributed by atoms with Crippen LogP contribution in [0, 0.1) is 19.7 Å². The van der Waals surface area contributed by atoms with Gasteiger partial charge in [-0.25, -0.2) is 9.37 Å². The normalized spacial score (nSPS) is 10.9. The fraction of sp³-hybridized carbons (Fsp3) is 0.333. The molecule has 4 aromatic rings. The second kappa shape index (κ2) is 16.9. The molecule has 0 saturated heterocycles. The molecule has 1 atom stereocenters. The van der Waals surface area contributed by atoms with Crippen LogP contribution in [-0.4, -0.2) is 37.8 Å². The summed E-state index contributed by atoms with van der Waals surface area (Å²) in [5.41, 5.74) is 8.43. The zero-order chi connectivity index (χ0) is 25.8. The van der Waals surface area contributed by atoms with Gasteiger partial charge in [0.1, 0.15) is 11.6 Å². The summed E-state index contributed by atoms with van der Waals surface area (Å²) in [6, 6.07) is 13.1. The summed E-state index contributed by atoms with van der Waals surface area (Å²) in [6.45, 7) is 6.67. The van der Waals surface area contributed by atoms with Gasteiger partial charge < -0.3 is 10.6 Å². The van der Waals surface area contributed by atoms with E-state index in [2.05, 4.69) is 4.37 Å². The Morgan fingerprint density at radius 3 is 2.38 bits per heavy atom. The molecule has 0 radical (unpaired) electrons. The van der Waals surface area contributed by atoms with E-state index < -0.39 is 6.04 Å². The number of aromatic nitrogens is 3. The maximum absolute atomic E-state index is 14.0. The first-order valence-electron chi connectivity index (χ1n) is 12.0. The van der Waals surface area contributed by atoms with E-state index in [0.29, 0.717) is 58.8 Å². The van der Waals surface area contributed by atoms with Gasteiger partial charge in [0.25, 0.3) is 11.5 Å². The number of halogens is 5. The molecule has 2 heterocycles. The largest absolute Gasteiger partial charge is 0.330 e. The van der Waals surface area contributed by atoms with Crippen LogP contribution in [0.3, 0.4) is 0 Å². The predicted octanol–water partition coefficient (Wildman–Crippen LogP) is 6.29. The molecule has 0 aliphatic heterocycles. The van der Waals surface area contributed by atoms with Crippen LogP contribution in [0.1, 0.15) is 58.8 Å². The molecule has 0 fully saturated rings. The number of aryl methyl sites for hydroxylation is 2. The number of amides is 1. The van der Waals surface area contributed by atoms with Crippen LogP contribution in [0.2, 0.25) is 0 Å². The molecule has 220 valence electrons. The molecule has 1 amide bonds. The molecule has 0 bridgehead atoms. The standard InChI is InChI=1S/C27H30FN5O2S.4ClH/c1-4-22(32(14-6-13-29)26(34)20-11-9-17(2)10-12-20)24-30-25-23(18(3)31-36-25)27(35)33(24)16-19-7-5-8-21(28)15-19;;;;/h5,7-12,15,22H,4,6,13-14,16,29H2,1-3H3;4*1H. The van der Waals surface area contributed by atoms with Crippen LogP contribution in [0.25, 0.3) is 10.2 Å². The quantitative estimate of drug-likeness (QED) is 0.229. The average molecular weight is 653 g/mol. The molecule has 2 aromatic heterocycles. The molecular weight excluding hydrogens is 619 g/mol. The van der Waals surface area contributed by atoms with Crippen molar-refractivity contribution in [1.82, 2.24) is 18.8 Å². The minimum absolute atomic E-state index is 0. The van der Waals surface area contributed by atoms with Gasteiger partial charge in [-0.15, -0.1) is 49.6 Å². The van der Waals surface area contributed by atoms with Crippen molar-refractivity contribution in [3.63, 3.8) is 0 Å². The minimum Gasteiger partial charge on any atom is -0.330 e. The van der Waals surface area contributed by atoms with E-state index in [0.717, 1.165) is 5.56 Å². The van der Waals surface area contributed by atoms with Gasteiger partial charge >= 0.3 is 0 Å². The number of rotatable bonds is 9. The summed E-state index contributed by atoms with van der Waals surface area (Å²) in [5, 5.41) is 0.452. The Kier molecular flexibility index (Phi) is 15.9. The lowest BCUT2D eigenvalue weighted by molar-refractivity contribution is 0.0656. The van der Waals surface area contributed by atoms with E-state index in [1.54, 1.807) is 28.5 Å². The lowest BCUT2D eigenvalue weighted by Crippen LogP contribution is -2.40. The Morgan fingerprint density at radius 2 is 1.77 bits per heavy atom. The van der Waals surface area contributed by atoms with Gasteiger partial charge in [-0.05, 0) is 74.6 Å². The first-order valence-corrected chi connectivity index (χ1v) is 12.8. The van der Waals surface area contributed by atoms with E-state index in [1.807, 2.05) is 38.1 Å². The van der Waals surface area contributed by atoms with Crippen LogP contribution < -0.4 is 11.3 Å². The van der Waals surface area contributed by atoms with Crippen molar-refractivity contribution in [2.75, 3.05) is 13.1 Å². The SMILES string of the molecule is CCC(c1nc2snc(C)c2c(=O)n1Cc1cccc(F)c1)N(CCCN)C(=O)c1ccc(C)cc1.Cl.Cl.Cl.Cl. The van der Waals surface area contributed by atoms with E-state index in [4.69, 9.17) is 10.7 Å². The topological polar surface area (TPSA) is 94.1 Å². The number of nitrogens with two attached hydrogens (primary N) is 1. The smallest absolute Gasteiger partial charge is 0.264 e. The summed E-state index contributed by atoms with van der Waals surface area (Å²) in [7, 11) is 0. The summed E-state index contributed by atoms with van der Waals surface area (Å²) >= 11 is 1.17. The maximum atomic E-state index is 14.0. The highest BCUT2D eigenvalue weighted by Gasteiger charge is 2.30. The third-order valence-corrected chi connectivity index (χ3v) is 7.08. The maximum Gasteiger partial charge on any atom is 0.264 e. The molecule has 2 aromatic carbocycles. The van der Waals surface area contributed by atoms with Gasteiger partial charge in [0.05, 0.1) is 23.7 Å². The first kappa shape index (κ1) is 37.7. The van der Waals surface area contributed by atoms with Crippen molar-refractivity contribution in [2.45, 2.75) is 46.2 Å². The highest BCUT2D eigenvalue weighted by Crippen LogP contribution is 2.28. The molecule has 0 spiro atoms. The Bertz CT molecular complexity index is 1450. The summed E-state index contributed by atoms with van der Waals surface area (Å²) in [4.78, 5) is 34.6. The lowest BCUT2D eigenvalue weighted by Gasteiger charge is -2.32. The molecule has 0 aliphatic carbocycles. The van der Waals surface area contributed by atoms with Crippen molar-refractivity contribution < 1.29 is 9.18 Å². The van der Waals surface area contributed by atoms with Crippen LogP contribution in [-0.2, 0) is 6.54 Å². The molecular formula is C27H34Cl4FN5O2S. The van der Waals surface area contributed by atoms with Crippen LogP contribution in [0.5, 0.6) is 0 Å². The van der Waals surface area contributed by atoms with Gasteiger partial charge in [0, 0.05) is 12.1 Å². The average Bonchev–Trinajstić information content (AvgIpc) is 3.24. The van der Waals surface area contributed by atoms with Gasteiger partial charge in [-0.2, -0.15) is 4.37 Å². The zero-order valence-electron chi connectivity index (χ0n) is 22.3. The molecule has 40 heavy (non-hydrogen) atoms. The van der Waals surface area contributed by atoms with E-state index in [-0.39, 0.29) is 73.5 Å². The van der Waals surface area contributed by atoms with Gasteiger partial charge in [-0.3, -0.25) is 14.2 Å². The molecule has 4 rings (SSSR count). The van der Waals surface area contributed by atoms with Crippen molar-refractivity contribution in [3.05, 3.63) is 92.9 Å². The molecule has 1 unspecified atom stereocenters. The van der Waals surface area contributed by atoms with Crippen molar-refractivity contribution in [1.29, 1.82) is 0 Å². The Labute approximate surface area is 262 Å². The second-order valence-electron chi connectivity index (χ2n) is 8.87.